The molecule has 2 atom stereocenters. The van der Waals surface area contributed by atoms with Crippen LogP contribution in [0.25, 0.3) is 0 Å². The smallest absolute Gasteiger partial charge is 0.224 e. The first kappa shape index (κ1) is 11.9. The summed E-state index contributed by atoms with van der Waals surface area (Å²) in [5, 5.41) is 3.40. The quantitative estimate of drug-likeness (QED) is 0.789. The molecule has 0 aromatic heterocycles. The highest BCUT2D eigenvalue weighted by Gasteiger charge is 2.26. The molecule has 2 fully saturated rings. The zero-order valence-corrected chi connectivity index (χ0v) is 10.5. The Labute approximate surface area is 98.6 Å². The topological polar surface area (TPSA) is 32.3 Å². The first-order valence-electron chi connectivity index (χ1n) is 6.69. The van der Waals surface area contributed by atoms with E-state index in [1.165, 1.54) is 25.7 Å². The van der Waals surface area contributed by atoms with Crippen LogP contribution in [-0.4, -0.2) is 36.0 Å². The van der Waals surface area contributed by atoms with E-state index in [9.17, 15) is 4.79 Å². The van der Waals surface area contributed by atoms with Gasteiger partial charge in [0.05, 0.1) is 0 Å². The Hall–Kier alpha value is -0.570. The van der Waals surface area contributed by atoms with Gasteiger partial charge in [0.25, 0.3) is 0 Å². The number of piperidine rings is 1. The summed E-state index contributed by atoms with van der Waals surface area (Å²) in [6, 6.07) is 1.16. The largest absolute Gasteiger partial charge is 0.340 e. The number of amides is 1. The summed E-state index contributed by atoms with van der Waals surface area (Å²) in [5.41, 5.74) is 0. The minimum absolute atomic E-state index is 0.340. The summed E-state index contributed by atoms with van der Waals surface area (Å²) in [7, 11) is 0. The zero-order chi connectivity index (χ0) is 11.5. The van der Waals surface area contributed by atoms with Crippen molar-refractivity contribution in [2.45, 2.75) is 58.0 Å². The van der Waals surface area contributed by atoms with Crippen LogP contribution in [0.5, 0.6) is 0 Å². The molecule has 0 radical (unpaired) electrons. The van der Waals surface area contributed by atoms with Crippen LogP contribution in [0.3, 0.4) is 0 Å². The minimum atomic E-state index is 0.340. The van der Waals surface area contributed by atoms with E-state index in [0.717, 1.165) is 19.0 Å². The lowest BCUT2D eigenvalue weighted by Gasteiger charge is -2.36. The monoisotopic (exact) mass is 224 g/mol. The highest BCUT2D eigenvalue weighted by Crippen LogP contribution is 2.23. The summed E-state index contributed by atoms with van der Waals surface area (Å²) in [6.07, 6.45) is 5.61. The van der Waals surface area contributed by atoms with Crippen LogP contribution in [0.15, 0.2) is 0 Å². The number of carbonyl (C=O) groups is 1. The fraction of sp³-hybridized carbons (Fsp3) is 0.923. The van der Waals surface area contributed by atoms with Crippen LogP contribution in [0, 0.1) is 5.92 Å². The van der Waals surface area contributed by atoms with Crippen molar-refractivity contribution in [3.8, 4) is 0 Å². The molecule has 92 valence electrons. The molecule has 1 aliphatic heterocycles. The molecular weight excluding hydrogens is 200 g/mol. The van der Waals surface area contributed by atoms with Crippen LogP contribution >= 0.6 is 0 Å². The predicted octanol–water partition coefficient (Wildman–Crippen LogP) is 1.78. The molecule has 2 aliphatic rings. The number of likely N-dealkylation sites (tertiary alicyclic amines) is 1. The van der Waals surface area contributed by atoms with Crippen molar-refractivity contribution in [1.29, 1.82) is 0 Å². The van der Waals surface area contributed by atoms with E-state index >= 15 is 0 Å². The second-order valence-corrected chi connectivity index (χ2v) is 5.54. The first-order chi connectivity index (χ1) is 7.66. The molecule has 0 bridgehead atoms. The van der Waals surface area contributed by atoms with Gasteiger partial charge in [0.15, 0.2) is 0 Å². The third-order valence-corrected chi connectivity index (χ3v) is 3.81. The van der Waals surface area contributed by atoms with Crippen molar-refractivity contribution in [3.63, 3.8) is 0 Å². The molecule has 3 heteroatoms. The van der Waals surface area contributed by atoms with Crippen LogP contribution in [-0.2, 0) is 4.79 Å². The molecule has 0 aromatic rings. The zero-order valence-electron chi connectivity index (χ0n) is 10.5. The molecule has 2 unspecified atom stereocenters. The number of nitrogens with one attached hydrogen (secondary N) is 1. The average molecular weight is 224 g/mol. The van der Waals surface area contributed by atoms with E-state index in [0.29, 0.717) is 24.4 Å². The summed E-state index contributed by atoms with van der Waals surface area (Å²) in [4.78, 5) is 14.1. The van der Waals surface area contributed by atoms with Crippen molar-refractivity contribution >= 4 is 5.91 Å². The third-order valence-electron chi connectivity index (χ3n) is 3.81. The molecule has 0 aromatic carbocycles. The van der Waals surface area contributed by atoms with Crippen LogP contribution in [0.1, 0.15) is 46.0 Å². The summed E-state index contributed by atoms with van der Waals surface area (Å²) in [5.74, 6) is 1.12. The molecule has 1 aliphatic carbocycles. The Morgan fingerprint density at radius 2 is 2.06 bits per heavy atom. The maximum Gasteiger partial charge on any atom is 0.224 e. The van der Waals surface area contributed by atoms with Gasteiger partial charge in [0.2, 0.25) is 5.91 Å². The maximum absolute atomic E-state index is 12.0. The van der Waals surface area contributed by atoms with E-state index in [-0.39, 0.29) is 0 Å². The highest BCUT2D eigenvalue weighted by atomic mass is 16.2. The molecule has 3 nitrogen and oxygen atoms in total. The molecule has 2 rings (SSSR count). The summed E-state index contributed by atoms with van der Waals surface area (Å²) in [6.45, 7) is 6.29. The molecule has 0 spiro atoms. The fourth-order valence-corrected chi connectivity index (χ4v) is 2.59. The van der Waals surface area contributed by atoms with Gasteiger partial charge in [-0.05, 0) is 38.5 Å². The van der Waals surface area contributed by atoms with Gasteiger partial charge in [-0.25, -0.2) is 0 Å². The average Bonchev–Trinajstić information content (AvgIpc) is 3.01. The second-order valence-electron chi connectivity index (χ2n) is 5.54. The molecule has 16 heavy (non-hydrogen) atoms. The molecule has 1 amide bonds. The SMILES string of the molecule is CC1CCN(C(=O)CCNC2CC2)C(C)C1. The molecular formula is C13H24N2O. The second kappa shape index (κ2) is 5.17. The predicted molar refractivity (Wildman–Crippen MR) is 65.2 cm³/mol. The van der Waals surface area contributed by atoms with Crippen LogP contribution < -0.4 is 5.32 Å². The lowest BCUT2D eigenvalue weighted by Crippen LogP contribution is -2.44. The Bertz CT molecular complexity index is 250. The number of carbonyl (C=O) groups excluding carboxylic acids is 1. The van der Waals surface area contributed by atoms with Crippen molar-refractivity contribution in [2.75, 3.05) is 13.1 Å². The van der Waals surface area contributed by atoms with Crippen molar-refractivity contribution in [2.24, 2.45) is 5.92 Å². The van der Waals surface area contributed by atoms with Gasteiger partial charge < -0.3 is 10.2 Å². The Balaban J connectivity index is 1.70. The molecule has 1 N–H and O–H groups in total. The van der Waals surface area contributed by atoms with E-state index in [2.05, 4.69) is 24.1 Å². The number of nitrogens with zero attached hydrogens (tertiary/aromatic N) is 1. The summed E-state index contributed by atoms with van der Waals surface area (Å²) >= 11 is 0. The molecule has 1 saturated heterocycles. The van der Waals surface area contributed by atoms with Crippen molar-refractivity contribution in [1.82, 2.24) is 10.2 Å². The van der Waals surface area contributed by atoms with E-state index in [1.807, 2.05) is 0 Å². The highest BCUT2D eigenvalue weighted by molar-refractivity contribution is 5.76. The van der Waals surface area contributed by atoms with Gasteiger partial charge in [0.1, 0.15) is 0 Å². The van der Waals surface area contributed by atoms with Gasteiger partial charge in [-0.1, -0.05) is 6.92 Å². The molecule has 1 saturated carbocycles. The third kappa shape index (κ3) is 3.21. The fourth-order valence-electron chi connectivity index (χ4n) is 2.59. The standard InChI is InChI=1S/C13H24N2O/c1-10-6-8-15(11(2)9-10)13(16)5-7-14-12-3-4-12/h10-12,14H,3-9H2,1-2H3. The van der Waals surface area contributed by atoms with Gasteiger partial charge >= 0.3 is 0 Å². The first-order valence-corrected chi connectivity index (χ1v) is 6.69. The Morgan fingerprint density at radius 1 is 1.31 bits per heavy atom. The van der Waals surface area contributed by atoms with E-state index < -0.39 is 0 Å². The van der Waals surface area contributed by atoms with E-state index in [1.54, 1.807) is 0 Å². The van der Waals surface area contributed by atoms with Gasteiger partial charge in [0, 0.05) is 31.6 Å². The number of hydrogen-bond donors (Lipinski definition) is 1. The number of hydrogen-bond acceptors (Lipinski definition) is 2. The lowest BCUT2D eigenvalue weighted by atomic mass is 9.93. The van der Waals surface area contributed by atoms with Crippen molar-refractivity contribution in [3.05, 3.63) is 0 Å². The lowest BCUT2D eigenvalue weighted by molar-refractivity contribution is -0.134. The van der Waals surface area contributed by atoms with Gasteiger partial charge in [-0.15, -0.1) is 0 Å². The normalized spacial score (nSPS) is 30.5. The Morgan fingerprint density at radius 3 is 2.69 bits per heavy atom. The number of rotatable bonds is 4. The van der Waals surface area contributed by atoms with E-state index in [4.69, 9.17) is 0 Å². The molecule has 1 heterocycles. The van der Waals surface area contributed by atoms with Crippen molar-refractivity contribution < 1.29 is 4.79 Å². The maximum atomic E-state index is 12.0. The minimum Gasteiger partial charge on any atom is -0.340 e. The Kier molecular flexibility index (Phi) is 3.85. The summed E-state index contributed by atoms with van der Waals surface area (Å²) < 4.78 is 0. The van der Waals surface area contributed by atoms with Gasteiger partial charge in [-0.3, -0.25) is 4.79 Å². The van der Waals surface area contributed by atoms with Gasteiger partial charge in [-0.2, -0.15) is 0 Å². The van der Waals surface area contributed by atoms with Crippen LogP contribution in [0.2, 0.25) is 0 Å². The van der Waals surface area contributed by atoms with Crippen LogP contribution in [0.4, 0.5) is 0 Å².